The summed E-state index contributed by atoms with van der Waals surface area (Å²) in [5, 5.41) is 0. The monoisotopic (exact) mass is 322 g/mol. The van der Waals surface area contributed by atoms with Gasteiger partial charge in [-0.05, 0) is 44.3 Å². The fraction of sp³-hybridized carbons (Fsp3) is 0.267. The fourth-order valence-corrected chi connectivity index (χ4v) is 2.79. The number of carbonyl (C=O) groups excluding carboxylic acids is 1. The predicted octanol–water partition coefficient (Wildman–Crippen LogP) is 1.77. The van der Waals surface area contributed by atoms with E-state index in [4.69, 9.17) is 4.42 Å². The number of furan rings is 1. The van der Waals surface area contributed by atoms with E-state index >= 15 is 0 Å². The molecule has 0 aliphatic rings. The van der Waals surface area contributed by atoms with Gasteiger partial charge in [0.2, 0.25) is 10.0 Å². The summed E-state index contributed by atoms with van der Waals surface area (Å²) in [7, 11) is -0.608. The Morgan fingerprint density at radius 1 is 1.27 bits per heavy atom. The van der Waals surface area contributed by atoms with Crippen molar-refractivity contribution in [3.63, 3.8) is 0 Å². The second kappa shape index (κ2) is 6.33. The van der Waals surface area contributed by atoms with Gasteiger partial charge in [-0.1, -0.05) is 6.07 Å². The summed E-state index contributed by atoms with van der Waals surface area (Å²) in [4.78, 5) is 13.9. The van der Waals surface area contributed by atoms with Crippen molar-refractivity contribution in [3.8, 4) is 0 Å². The Labute approximate surface area is 129 Å². The van der Waals surface area contributed by atoms with E-state index in [1.807, 2.05) is 13.0 Å². The maximum absolute atomic E-state index is 12.4. The number of amides is 1. The Bertz CT molecular complexity index is 780. The molecule has 0 radical (unpaired) electrons. The molecular weight excluding hydrogens is 304 g/mol. The third kappa shape index (κ3) is 3.55. The highest BCUT2D eigenvalue weighted by molar-refractivity contribution is 7.89. The summed E-state index contributed by atoms with van der Waals surface area (Å²) in [5.41, 5.74) is 0.308. The molecule has 0 unspecified atom stereocenters. The molecule has 6 nitrogen and oxygen atoms in total. The first kappa shape index (κ1) is 16.3. The third-order valence-electron chi connectivity index (χ3n) is 3.20. The number of nitrogens with one attached hydrogen (secondary N) is 1. The second-order valence-corrected chi connectivity index (χ2v) is 6.80. The van der Waals surface area contributed by atoms with E-state index in [-0.39, 0.29) is 10.8 Å². The van der Waals surface area contributed by atoms with Crippen LogP contribution in [-0.2, 0) is 16.6 Å². The standard InChI is InChI=1S/C15H18N2O4S/c1-11-7-8-13(21-11)10-17(3)15(18)12-5-4-6-14(9-12)22(19,20)16-2/h4-9,16H,10H2,1-3H3. The van der Waals surface area contributed by atoms with Crippen molar-refractivity contribution in [2.45, 2.75) is 18.4 Å². The van der Waals surface area contributed by atoms with Gasteiger partial charge in [0.1, 0.15) is 11.5 Å². The lowest BCUT2D eigenvalue weighted by molar-refractivity contribution is 0.0774. The SMILES string of the molecule is CNS(=O)(=O)c1cccc(C(=O)N(C)Cc2ccc(C)o2)c1. The summed E-state index contributed by atoms with van der Waals surface area (Å²) in [6, 6.07) is 9.56. The number of hydrogen-bond donors (Lipinski definition) is 1. The number of rotatable bonds is 5. The molecule has 1 N–H and O–H groups in total. The maximum Gasteiger partial charge on any atom is 0.254 e. The van der Waals surface area contributed by atoms with Crippen LogP contribution in [-0.4, -0.2) is 33.3 Å². The summed E-state index contributed by atoms with van der Waals surface area (Å²) >= 11 is 0. The zero-order valence-corrected chi connectivity index (χ0v) is 13.5. The molecule has 1 heterocycles. The van der Waals surface area contributed by atoms with Crippen LogP contribution in [0.4, 0.5) is 0 Å². The first-order valence-corrected chi connectivity index (χ1v) is 8.16. The highest BCUT2D eigenvalue weighted by Crippen LogP contribution is 2.15. The molecule has 0 aliphatic heterocycles. The Hall–Kier alpha value is -2.12. The molecule has 2 aromatic rings. The Balaban J connectivity index is 2.20. The highest BCUT2D eigenvalue weighted by Gasteiger charge is 2.17. The quantitative estimate of drug-likeness (QED) is 0.910. The van der Waals surface area contributed by atoms with Crippen LogP contribution in [0.3, 0.4) is 0 Å². The van der Waals surface area contributed by atoms with Gasteiger partial charge >= 0.3 is 0 Å². The van der Waals surface area contributed by atoms with Crippen molar-refractivity contribution < 1.29 is 17.6 Å². The molecule has 0 atom stereocenters. The number of nitrogens with zero attached hydrogens (tertiary/aromatic N) is 1. The van der Waals surface area contributed by atoms with E-state index in [0.717, 1.165) is 5.76 Å². The molecule has 0 spiro atoms. The molecule has 7 heteroatoms. The van der Waals surface area contributed by atoms with E-state index in [1.165, 1.54) is 24.1 Å². The average molecular weight is 322 g/mol. The lowest BCUT2D eigenvalue weighted by Crippen LogP contribution is -2.26. The topological polar surface area (TPSA) is 79.6 Å². The van der Waals surface area contributed by atoms with E-state index in [2.05, 4.69) is 4.72 Å². The van der Waals surface area contributed by atoms with Crippen molar-refractivity contribution in [1.82, 2.24) is 9.62 Å². The van der Waals surface area contributed by atoms with Crippen LogP contribution >= 0.6 is 0 Å². The van der Waals surface area contributed by atoms with Crippen molar-refractivity contribution in [2.75, 3.05) is 14.1 Å². The van der Waals surface area contributed by atoms with Crippen molar-refractivity contribution in [1.29, 1.82) is 0 Å². The van der Waals surface area contributed by atoms with E-state index in [1.54, 1.807) is 25.2 Å². The molecule has 0 bridgehead atoms. The lowest BCUT2D eigenvalue weighted by Gasteiger charge is -2.16. The first-order valence-electron chi connectivity index (χ1n) is 6.68. The summed E-state index contributed by atoms with van der Waals surface area (Å²) in [5.74, 6) is 1.17. The van der Waals surface area contributed by atoms with Gasteiger partial charge in [-0.2, -0.15) is 0 Å². The van der Waals surface area contributed by atoms with E-state index < -0.39 is 10.0 Å². The van der Waals surface area contributed by atoms with Gasteiger partial charge in [-0.25, -0.2) is 13.1 Å². The molecule has 0 saturated heterocycles. The van der Waals surface area contributed by atoms with Gasteiger partial charge in [0.25, 0.3) is 5.91 Å². The molecule has 1 aromatic heterocycles. The van der Waals surface area contributed by atoms with Crippen LogP contribution < -0.4 is 4.72 Å². The molecule has 118 valence electrons. The fourth-order valence-electron chi connectivity index (χ4n) is 2.01. The largest absolute Gasteiger partial charge is 0.464 e. The zero-order chi connectivity index (χ0) is 16.3. The van der Waals surface area contributed by atoms with E-state index in [0.29, 0.717) is 17.9 Å². The van der Waals surface area contributed by atoms with Gasteiger partial charge in [-0.15, -0.1) is 0 Å². The molecule has 1 amide bonds. The van der Waals surface area contributed by atoms with Crippen LogP contribution in [0, 0.1) is 6.92 Å². The molecule has 0 aliphatic carbocycles. The highest BCUT2D eigenvalue weighted by atomic mass is 32.2. The van der Waals surface area contributed by atoms with Gasteiger partial charge in [0, 0.05) is 12.6 Å². The van der Waals surface area contributed by atoms with Gasteiger partial charge in [0.05, 0.1) is 11.4 Å². The molecule has 2 rings (SSSR count). The van der Waals surface area contributed by atoms with Crippen LogP contribution in [0.25, 0.3) is 0 Å². The Morgan fingerprint density at radius 3 is 2.59 bits per heavy atom. The van der Waals surface area contributed by atoms with Crippen molar-refractivity contribution >= 4 is 15.9 Å². The van der Waals surface area contributed by atoms with Crippen molar-refractivity contribution in [3.05, 3.63) is 53.5 Å². The number of carbonyl (C=O) groups is 1. The smallest absolute Gasteiger partial charge is 0.254 e. The predicted molar refractivity (Wildman–Crippen MR) is 81.9 cm³/mol. The van der Waals surface area contributed by atoms with Gasteiger partial charge < -0.3 is 9.32 Å². The summed E-state index contributed by atoms with van der Waals surface area (Å²) in [6.45, 7) is 2.15. The second-order valence-electron chi connectivity index (χ2n) is 4.91. The van der Waals surface area contributed by atoms with Crippen LogP contribution in [0.1, 0.15) is 21.9 Å². The van der Waals surface area contributed by atoms with Crippen LogP contribution in [0.2, 0.25) is 0 Å². The molecule has 1 aromatic carbocycles. The molecule has 22 heavy (non-hydrogen) atoms. The molecule has 0 saturated carbocycles. The normalized spacial score (nSPS) is 11.4. The number of sulfonamides is 1. The van der Waals surface area contributed by atoms with Crippen molar-refractivity contribution in [2.24, 2.45) is 0 Å². The Kier molecular flexibility index (Phi) is 4.68. The lowest BCUT2D eigenvalue weighted by atomic mass is 10.2. The summed E-state index contributed by atoms with van der Waals surface area (Å²) < 4.78 is 31.2. The van der Waals surface area contributed by atoms with Gasteiger partial charge in [0.15, 0.2) is 0 Å². The minimum atomic E-state index is -3.57. The number of aryl methyl sites for hydroxylation is 1. The average Bonchev–Trinajstić information content (AvgIpc) is 2.91. The zero-order valence-electron chi connectivity index (χ0n) is 12.7. The minimum Gasteiger partial charge on any atom is -0.464 e. The first-order chi connectivity index (χ1) is 10.3. The third-order valence-corrected chi connectivity index (χ3v) is 4.61. The molecular formula is C15H18N2O4S. The van der Waals surface area contributed by atoms with Gasteiger partial charge in [-0.3, -0.25) is 4.79 Å². The maximum atomic E-state index is 12.4. The van der Waals surface area contributed by atoms with E-state index in [9.17, 15) is 13.2 Å². The summed E-state index contributed by atoms with van der Waals surface area (Å²) in [6.07, 6.45) is 0. The number of benzene rings is 1. The molecule has 0 fully saturated rings. The Morgan fingerprint density at radius 2 is 2.00 bits per heavy atom. The minimum absolute atomic E-state index is 0.0584. The number of hydrogen-bond acceptors (Lipinski definition) is 4. The van der Waals surface area contributed by atoms with Crippen LogP contribution in [0.15, 0.2) is 45.7 Å². The van der Waals surface area contributed by atoms with Crippen LogP contribution in [0.5, 0.6) is 0 Å².